The van der Waals surface area contributed by atoms with E-state index >= 15 is 0 Å². The molecule has 2 N–H and O–H groups in total. The van der Waals surface area contributed by atoms with E-state index in [2.05, 4.69) is 5.16 Å². The topological polar surface area (TPSA) is 52.0 Å². The van der Waals surface area contributed by atoms with Crippen molar-refractivity contribution in [1.82, 2.24) is 5.16 Å². The van der Waals surface area contributed by atoms with E-state index in [1.807, 2.05) is 0 Å². The van der Waals surface area contributed by atoms with Gasteiger partial charge in [0.2, 0.25) is 0 Å². The third kappa shape index (κ3) is 2.25. The van der Waals surface area contributed by atoms with Gasteiger partial charge in [0.1, 0.15) is 11.6 Å². The number of rotatable bonds is 2. The minimum Gasteiger partial charge on any atom is -0.380 e. The molecular formula is C15H9ClF2N2O. The molecule has 0 aliphatic heterocycles. The van der Waals surface area contributed by atoms with Crippen molar-refractivity contribution in [2.75, 3.05) is 5.73 Å². The highest BCUT2D eigenvalue weighted by Gasteiger charge is 2.24. The minimum atomic E-state index is -0.764. The van der Waals surface area contributed by atoms with Crippen LogP contribution >= 0.6 is 11.6 Å². The number of nitrogens with two attached hydrogens (primary N) is 1. The maximum atomic E-state index is 13.9. The SMILES string of the molecule is Nc1noc(-c2c(F)cccc2F)c1-c1ccccc1Cl. The second-order valence-corrected chi connectivity index (χ2v) is 4.76. The molecule has 0 bridgehead atoms. The van der Waals surface area contributed by atoms with Gasteiger partial charge in [-0.2, -0.15) is 0 Å². The molecule has 0 radical (unpaired) electrons. The van der Waals surface area contributed by atoms with Crippen molar-refractivity contribution < 1.29 is 13.3 Å². The third-order valence-electron chi connectivity index (χ3n) is 3.05. The summed E-state index contributed by atoms with van der Waals surface area (Å²) in [7, 11) is 0. The van der Waals surface area contributed by atoms with Gasteiger partial charge >= 0.3 is 0 Å². The van der Waals surface area contributed by atoms with E-state index in [0.29, 0.717) is 10.6 Å². The molecule has 0 spiro atoms. The van der Waals surface area contributed by atoms with Crippen molar-refractivity contribution in [2.45, 2.75) is 0 Å². The molecule has 0 atom stereocenters. The van der Waals surface area contributed by atoms with Gasteiger partial charge in [-0.1, -0.05) is 41.0 Å². The van der Waals surface area contributed by atoms with Crippen molar-refractivity contribution in [3.05, 3.63) is 59.1 Å². The van der Waals surface area contributed by atoms with Gasteiger partial charge in [-0.3, -0.25) is 0 Å². The number of anilines is 1. The number of benzene rings is 2. The van der Waals surface area contributed by atoms with Crippen LogP contribution in [0.25, 0.3) is 22.5 Å². The molecule has 0 aliphatic rings. The van der Waals surface area contributed by atoms with Crippen LogP contribution in [0.1, 0.15) is 0 Å². The highest BCUT2D eigenvalue weighted by Crippen LogP contribution is 2.41. The summed E-state index contributed by atoms with van der Waals surface area (Å²) >= 11 is 6.11. The van der Waals surface area contributed by atoms with E-state index in [4.69, 9.17) is 21.9 Å². The number of hydrogen-bond acceptors (Lipinski definition) is 3. The molecule has 0 saturated heterocycles. The van der Waals surface area contributed by atoms with Crippen LogP contribution in [0.3, 0.4) is 0 Å². The third-order valence-corrected chi connectivity index (χ3v) is 3.38. The fraction of sp³-hybridized carbons (Fsp3) is 0. The van der Waals surface area contributed by atoms with Crippen molar-refractivity contribution in [3.8, 4) is 22.5 Å². The quantitative estimate of drug-likeness (QED) is 0.757. The smallest absolute Gasteiger partial charge is 0.182 e. The van der Waals surface area contributed by atoms with Crippen LogP contribution in [0.5, 0.6) is 0 Å². The zero-order valence-electron chi connectivity index (χ0n) is 10.6. The summed E-state index contributed by atoms with van der Waals surface area (Å²) in [4.78, 5) is 0. The summed E-state index contributed by atoms with van der Waals surface area (Å²) in [5, 5.41) is 3.98. The second-order valence-electron chi connectivity index (χ2n) is 4.35. The van der Waals surface area contributed by atoms with E-state index in [1.54, 1.807) is 24.3 Å². The lowest BCUT2D eigenvalue weighted by Gasteiger charge is -2.06. The average molecular weight is 307 g/mol. The molecule has 6 heteroatoms. The van der Waals surface area contributed by atoms with Crippen LogP contribution in [0.2, 0.25) is 5.02 Å². The molecule has 3 nitrogen and oxygen atoms in total. The Labute approximate surface area is 123 Å². The Morgan fingerprint density at radius 3 is 2.29 bits per heavy atom. The Morgan fingerprint density at radius 2 is 1.62 bits per heavy atom. The predicted molar refractivity (Wildman–Crippen MR) is 76.7 cm³/mol. The zero-order chi connectivity index (χ0) is 15.0. The first-order valence-corrected chi connectivity index (χ1v) is 6.42. The van der Waals surface area contributed by atoms with Crippen LogP contribution in [-0.2, 0) is 0 Å². The molecule has 0 aliphatic carbocycles. The Kier molecular flexibility index (Phi) is 3.35. The summed E-state index contributed by atoms with van der Waals surface area (Å²) < 4.78 is 32.9. The van der Waals surface area contributed by atoms with Crippen LogP contribution in [0.15, 0.2) is 47.0 Å². The molecule has 0 saturated carbocycles. The molecule has 21 heavy (non-hydrogen) atoms. The Bertz CT molecular complexity index is 797. The van der Waals surface area contributed by atoms with E-state index in [9.17, 15) is 8.78 Å². The molecule has 3 aromatic rings. The predicted octanol–water partition coefficient (Wildman–Crippen LogP) is 4.52. The molecular weight excluding hydrogens is 298 g/mol. The maximum Gasteiger partial charge on any atom is 0.182 e. The van der Waals surface area contributed by atoms with Gasteiger partial charge in [0, 0.05) is 10.6 Å². The lowest BCUT2D eigenvalue weighted by atomic mass is 10.0. The number of aromatic nitrogens is 1. The summed E-state index contributed by atoms with van der Waals surface area (Å²) in [5.74, 6) is -1.60. The summed E-state index contributed by atoms with van der Waals surface area (Å²) in [5.41, 5.74) is 6.21. The summed E-state index contributed by atoms with van der Waals surface area (Å²) in [6.45, 7) is 0. The van der Waals surface area contributed by atoms with Gasteiger partial charge in [0.05, 0.1) is 11.1 Å². The maximum absolute atomic E-state index is 13.9. The van der Waals surface area contributed by atoms with Crippen LogP contribution < -0.4 is 5.73 Å². The van der Waals surface area contributed by atoms with Gasteiger partial charge in [0.25, 0.3) is 0 Å². The van der Waals surface area contributed by atoms with Crippen LogP contribution in [-0.4, -0.2) is 5.16 Å². The van der Waals surface area contributed by atoms with Gasteiger partial charge in [-0.15, -0.1) is 0 Å². The van der Waals surface area contributed by atoms with E-state index in [1.165, 1.54) is 6.07 Å². The number of halogens is 3. The fourth-order valence-corrected chi connectivity index (χ4v) is 2.34. The van der Waals surface area contributed by atoms with Crippen LogP contribution in [0.4, 0.5) is 14.6 Å². The van der Waals surface area contributed by atoms with Gasteiger partial charge in [-0.05, 0) is 18.2 Å². The highest BCUT2D eigenvalue weighted by atomic mass is 35.5. The van der Waals surface area contributed by atoms with Crippen molar-refractivity contribution in [1.29, 1.82) is 0 Å². The van der Waals surface area contributed by atoms with E-state index < -0.39 is 11.6 Å². The van der Waals surface area contributed by atoms with E-state index in [-0.39, 0.29) is 22.7 Å². The molecule has 2 aromatic carbocycles. The Balaban J connectivity index is 2.31. The number of hydrogen-bond donors (Lipinski definition) is 1. The number of nitrogen functional groups attached to an aromatic ring is 1. The first-order valence-electron chi connectivity index (χ1n) is 6.04. The van der Waals surface area contributed by atoms with Crippen molar-refractivity contribution in [2.24, 2.45) is 0 Å². The average Bonchev–Trinajstić information content (AvgIpc) is 2.81. The summed E-state index contributed by atoms with van der Waals surface area (Å²) in [6.07, 6.45) is 0. The molecule has 106 valence electrons. The number of nitrogens with zero attached hydrogens (tertiary/aromatic N) is 1. The van der Waals surface area contributed by atoms with Crippen LogP contribution in [0, 0.1) is 11.6 Å². The Hall–Kier alpha value is -2.40. The van der Waals surface area contributed by atoms with Crippen molar-refractivity contribution >= 4 is 17.4 Å². The van der Waals surface area contributed by atoms with Gasteiger partial charge < -0.3 is 10.3 Å². The van der Waals surface area contributed by atoms with Crippen molar-refractivity contribution in [3.63, 3.8) is 0 Å². The second kappa shape index (κ2) is 5.18. The lowest BCUT2D eigenvalue weighted by Crippen LogP contribution is -1.93. The first kappa shape index (κ1) is 13.6. The van der Waals surface area contributed by atoms with Gasteiger partial charge in [0.15, 0.2) is 11.6 Å². The molecule has 1 heterocycles. The fourth-order valence-electron chi connectivity index (χ4n) is 2.11. The first-order chi connectivity index (χ1) is 10.1. The minimum absolute atomic E-state index is 0.0146. The normalized spacial score (nSPS) is 10.8. The van der Waals surface area contributed by atoms with Gasteiger partial charge in [-0.25, -0.2) is 8.78 Å². The molecule has 3 rings (SSSR count). The molecule has 0 fully saturated rings. The molecule has 0 amide bonds. The molecule has 1 aromatic heterocycles. The summed E-state index contributed by atoms with van der Waals surface area (Å²) in [6, 6.07) is 10.3. The largest absolute Gasteiger partial charge is 0.380 e. The standard InChI is InChI=1S/C15H9ClF2N2O/c16-9-5-2-1-4-8(9)12-14(21-20-15(12)19)13-10(17)6-3-7-11(13)18/h1-7H,(H2,19,20). The Morgan fingerprint density at radius 1 is 0.952 bits per heavy atom. The lowest BCUT2D eigenvalue weighted by molar-refractivity contribution is 0.430. The van der Waals surface area contributed by atoms with E-state index in [0.717, 1.165) is 12.1 Å². The zero-order valence-corrected chi connectivity index (χ0v) is 11.4. The monoisotopic (exact) mass is 306 g/mol. The molecule has 0 unspecified atom stereocenters. The highest BCUT2D eigenvalue weighted by molar-refractivity contribution is 6.33.